The first-order chi connectivity index (χ1) is 11.3. The average molecular weight is 410 g/mol. The Morgan fingerprint density at radius 3 is 1.88 bits per heavy atom. The number of aliphatic carboxylic acids is 1. The van der Waals surface area contributed by atoms with Crippen LogP contribution in [0.15, 0.2) is 18.2 Å². The van der Waals surface area contributed by atoms with Gasteiger partial charge in [0.05, 0.1) is 17.2 Å². The third kappa shape index (κ3) is 7.48. The first-order valence-corrected chi connectivity index (χ1v) is 6.73. The van der Waals surface area contributed by atoms with Crippen LogP contribution >= 0.6 is 12.4 Å². The lowest BCUT2D eigenvalue weighted by Gasteiger charge is -2.15. The van der Waals surface area contributed by atoms with Gasteiger partial charge in [0.25, 0.3) is 0 Å². The number of hydrogen-bond acceptors (Lipinski definition) is 4. The average Bonchev–Trinajstić information content (AvgIpc) is 2.48. The molecule has 0 unspecified atom stereocenters. The fourth-order valence-corrected chi connectivity index (χ4v) is 1.71. The Kier molecular flexibility index (Phi) is 8.38. The summed E-state index contributed by atoms with van der Waals surface area (Å²) in [6, 6.07) is -0.687. The fraction of sp³-hybridized carbons (Fsp3) is 0.429. The van der Waals surface area contributed by atoms with Crippen molar-refractivity contribution < 1.29 is 45.8 Å². The lowest BCUT2D eigenvalue weighted by molar-refractivity contribution is -0.143. The number of carbonyl (C=O) groups excluding carboxylic acids is 1. The highest BCUT2D eigenvalue weighted by molar-refractivity contribution is 5.86. The van der Waals surface area contributed by atoms with Gasteiger partial charge < -0.3 is 15.6 Å². The molecule has 0 spiro atoms. The van der Waals surface area contributed by atoms with Crippen LogP contribution in [0.2, 0.25) is 0 Å². The van der Waals surface area contributed by atoms with Gasteiger partial charge in [-0.25, -0.2) is 0 Å². The van der Waals surface area contributed by atoms with Crippen LogP contribution in [0.4, 0.5) is 26.3 Å². The van der Waals surface area contributed by atoms with Crippen molar-refractivity contribution in [3.05, 3.63) is 29.3 Å². The normalized spacial score (nSPS) is 12.9. The lowest BCUT2D eigenvalue weighted by Crippen LogP contribution is -2.34. The molecule has 0 aliphatic rings. The van der Waals surface area contributed by atoms with Crippen LogP contribution in [-0.4, -0.2) is 29.5 Å². The summed E-state index contributed by atoms with van der Waals surface area (Å²) in [5.74, 6) is -2.87. The summed E-state index contributed by atoms with van der Waals surface area (Å²) in [4.78, 5) is 22.0. The van der Waals surface area contributed by atoms with Gasteiger partial charge in [0.2, 0.25) is 0 Å². The number of nitrogens with two attached hydrogens (primary N) is 1. The fourth-order valence-electron chi connectivity index (χ4n) is 1.71. The predicted octanol–water partition coefficient (Wildman–Crippen LogP) is 3.29. The molecular weight excluding hydrogens is 396 g/mol. The zero-order valence-corrected chi connectivity index (χ0v) is 13.7. The van der Waals surface area contributed by atoms with Crippen molar-refractivity contribution in [1.29, 1.82) is 0 Å². The van der Waals surface area contributed by atoms with Crippen molar-refractivity contribution in [1.82, 2.24) is 0 Å². The number of rotatable bonds is 7. The highest BCUT2D eigenvalue weighted by Crippen LogP contribution is 2.38. The van der Waals surface area contributed by atoms with Crippen molar-refractivity contribution in [2.45, 2.75) is 31.2 Å². The second kappa shape index (κ2) is 9.08. The minimum absolute atomic E-state index is 0. The van der Waals surface area contributed by atoms with Crippen molar-refractivity contribution in [2.24, 2.45) is 5.73 Å². The monoisotopic (exact) mass is 409 g/mol. The van der Waals surface area contributed by atoms with E-state index in [-0.39, 0.29) is 24.9 Å². The van der Waals surface area contributed by atoms with E-state index in [1.54, 1.807) is 0 Å². The predicted molar refractivity (Wildman–Crippen MR) is 79.0 cm³/mol. The van der Waals surface area contributed by atoms with Gasteiger partial charge >= 0.3 is 18.3 Å². The van der Waals surface area contributed by atoms with Crippen molar-refractivity contribution in [2.75, 3.05) is 6.61 Å². The molecular formula is C14H14ClF6NO4. The first kappa shape index (κ1) is 24.0. The van der Waals surface area contributed by atoms with Crippen molar-refractivity contribution >= 4 is 24.2 Å². The standard InChI is InChI=1S/C14H13F6NO4.ClH/c15-13(16,17)7-3-8(14(18,19)20)5-9(4-7)25-6-11(22)10(21)1-2-12(23)24;/h3-5,10H,1-2,6,21H2,(H,23,24);1H/t10-;/m0./s1. The number of alkyl halides is 6. The van der Waals surface area contributed by atoms with Gasteiger partial charge in [0, 0.05) is 6.42 Å². The SMILES string of the molecule is Cl.N[C@@H](CCC(=O)O)C(=O)COc1cc(C(F)(F)F)cc(C(F)(F)F)c1. The number of carboxylic acids is 1. The summed E-state index contributed by atoms with van der Waals surface area (Å²) in [6.45, 7) is -0.889. The topological polar surface area (TPSA) is 89.6 Å². The van der Waals surface area contributed by atoms with E-state index in [0.717, 1.165) is 0 Å². The Hall–Kier alpha value is -2.01. The zero-order valence-electron chi connectivity index (χ0n) is 12.9. The largest absolute Gasteiger partial charge is 0.486 e. The molecule has 1 atom stereocenters. The Bertz CT molecular complexity index is 615. The number of halogens is 7. The van der Waals surface area contributed by atoms with E-state index in [2.05, 4.69) is 0 Å². The molecule has 1 aromatic rings. The minimum atomic E-state index is -5.04. The number of hydrogen-bond donors (Lipinski definition) is 2. The van der Waals surface area contributed by atoms with Crippen molar-refractivity contribution in [3.8, 4) is 5.75 Å². The first-order valence-electron chi connectivity index (χ1n) is 6.73. The third-order valence-corrected chi connectivity index (χ3v) is 3.03. The maximum atomic E-state index is 12.7. The number of carbonyl (C=O) groups is 2. The van der Waals surface area contributed by atoms with E-state index in [9.17, 15) is 35.9 Å². The molecule has 0 saturated carbocycles. The molecule has 26 heavy (non-hydrogen) atoms. The number of Topliss-reactive ketones (excluding diaryl/α,β-unsaturated/α-hetero) is 1. The second-order valence-electron chi connectivity index (χ2n) is 5.04. The van der Waals surface area contributed by atoms with Crippen LogP contribution < -0.4 is 10.5 Å². The van der Waals surface area contributed by atoms with Crippen LogP contribution in [0, 0.1) is 0 Å². The van der Waals surface area contributed by atoms with E-state index in [1.807, 2.05) is 0 Å². The van der Waals surface area contributed by atoms with Gasteiger partial charge in [-0.1, -0.05) is 0 Å². The van der Waals surface area contributed by atoms with Gasteiger partial charge in [-0.3, -0.25) is 9.59 Å². The number of benzene rings is 1. The molecule has 0 radical (unpaired) electrons. The van der Waals surface area contributed by atoms with E-state index in [4.69, 9.17) is 15.6 Å². The highest BCUT2D eigenvalue weighted by atomic mass is 35.5. The molecule has 0 aromatic heterocycles. The zero-order chi connectivity index (χ0) is 19.4. The smallest absolute Gasteiger partial charge is 0.416 e. The molecule has 0 amide bonds. The molecule has 0 aliphatic carbocycles. The molecule has 148 valence electrons. The highest BCUT2D eigenvalue weighted by Gasteiger charge is 2.37. The quantitative estimate of drug-likeness (QED) is 0.675. The summed E-state index contributed by atoms with van der Waals surface area (Å²) >= 11 is 0. The second-order valence-corrected chi connectivity index (χ2v) is 5.04. The number of carboxylic acid groups (broad SMARTS) is 1. The van der Waals surface area contributed by atoms with Gasteiger partial charge in [-0.05, 0) is 24.6 Å². The molecule has 1 aromatic carbocycles. The van der Waals surface area contributed by atoms with E-state index in [1.165, 1.54) is 0 Å². The van der Waals surface area contributed by atoms with Crippen LogP contribution in [0.25, 0.3) is 0 Å². The number of ether oxygens (including phenoxy) is 1. The Morgan fingerprint density at radius 2 is 1.50 bits per heavy atom. The minimum Gasteiger partial charge on any atom is -0.486 e. The van der Waals surface area contributed by atoms with Crippen LogP contribution in [0.1, 0.15) is 24.0 Å². The number of ketones is 1. The van der Waals surface area contributed by atoms with Crippen molar-refractivity contribution in [3.63, 3.8) is 0 Å². The van der Waals surface area contributed by atoms with Gasteiger partial charge in [-0.15, -0.1) is 12.4 Å². The molecule has 5 nitrogen and oxygen atoms in total. The molecule has 3 N–H and O–H groups in total. The van der Waals surface area contributed by atoms with E-state index < -0.39 is 60.1 Å². The van der Waals surface area contributed by atoms with Gasteiger partial charge in [0.1, 0.15) is 12.4 Å². The maximum Gasteiger partial charge on any atom is 0.416 e. The Balaban J connectivity index is 0.00000625. The summed E-state index contributed by atoms with van der Waals surface area (Å²) < 4.78 is 80.7. The van der Waals surface area contributed by atoms with Crippen LogP contribution in [0.3, 0.4) is 0 Å². The van der Waals surface area contributed by atoms with Crippen LogP contribution in [-0.2, 0) is 21.9 Å². The molecule has 12 heteroatoms. The maximum absolute atomic E-state index is 12.7. The molecule has 0 bridgehead atoms. The van der Waals surface area contributed by atoms with Gasteiger partial charge in [-0.2, -0.15) is 26.3 Å². The lowest BCUT2D eigenvalue weighted by atomic mass is 10.1. The van der Waals surface area contributed by atoms with E-state index >= 15 is 0 Å². The molecule has 0 fully saturated rings. The molecule has 0 saturated heterocycles. The van der Waals surface area contributed by atoms with Gasteiger partial charge in [0.15, 0.2) is 5.78 Å². The summed E-state index contributed by atoms with van der Waals surface area (Å²) in [5, 5.41) is 8.45. The third-order valence-electron chi connectivity index (χ3n) is 3.03. The molecule has 1 rings (SSSR count). The summed E-state index contributed by atoms with van der Waals surface area (Å²) in [5.41, 5.74) is 2.21. The summed E-state index contributed by atoms with van der Waals surface area (Å²) in [7, 11) is 0. The Morgan fingerprint density at radius 1 is 1.04 bits per heavy atom. The van der Waals surface area contributed by atoms with Crippen LogP contribution in [0.5, 0.6) is 5.75 Å². The molecule has 0 heterocycles. The van der Waals surface area contributed by atoms with E-state index in [0.29, 0.717) is 12.1 Å². The summed E-state index contributed by atoms with van der Waals surface area (Å²) in [6.07, 6.45) is -10.7. The Labute approximate surface area is 149 Å². The molecule has 0 aliphatic heterocycles.